The van der Waals surface area contributed by atoms with E-state index in [1.165, 1.54) is 5.56 Å². The first kappa shape index (κ1) is 9.93. The Morgan fingerprint density at radius 1 is 1.20 bits per heavy atom. The minimum atomic E-state index is 0.805. The van der Waals surface area contributed by atoms with E-state index in [1.54, 1.807) is 0 Å². The van der Waals surface area contributed by atoms with E-state index in [0.29, 0.717) is 0 Å². The zero-order valence-corrected chi connectivity index (χ0v) is 8.83. The Kier molecular flexibility index (Phi) is 3.15. The zero-order valence-electron chi connectivity index (χ0n) is 8.83. The van der Waals surface area contributed by atoms with Crippen LogP contribution in [0.25, 0.3) is 0 Å². The number of aromatic amines is 1. The van der Waals surface area contributed by atoms with Crippen molar-refractivity contribution in [1.29, 1.82) is 0 Å². The highest BCUT2D eigenvalue weighted by atomic mass is 15.1. The van der Waals surface area contributed by atoms with E-state index in [2.05, 4.69) is 45.8 Å². The second-order valence-electron chi connectivity index (χ2n) is 3.63. The standard InChI is InChI=1S/C12H15N3/c1-10-7-12(15-14-10)9-13-8-11-5-3-2-4-6-11/h2-7,13H,8-9H2,1H3,(H,14,15). The second-order valence-corrected chi connectivity index (χ2v) is 3.63. The second kappa shape index (κ2) is 4.75. The van der Waals surface area contributed by atoms with Crippen LogP contribution in [0.3, 0.4) is 0 Å². The normalized spacial score (nSPS) is 10.5. The third kappa shape index (κ3) is 2.92. The smallest absolute Gasteiger partial charge is 0.0762 e. The lowest BCUT2D eigenvalue weighted by Gasteiger charge is -2.01. The van der Waals surface area contributed by atoms with Gasteiger partial charge in [0, 0.05) is 18.8 Å². The summed E-state index contributed by atoms with van der Waals surface area (Å²) >= 11 is 0. The molecule has 0 fully saturated rings. The number of rotatable bonds is 4. The lowest BCUT2D eigenvalue weighted by atomic mass is 10.2. The van der Waals surface area contributed by atoms with Gasteiger partial charge in [0.25, 0.3) is 0 Å². The molecule has 2 aromatic rings. The molecule has 0 saturated carbocycles. The van der Waals surface area contributed by atoms with Gasteiger partial charge >= 0.3 is 0 Å². The topological polar surface area (TPSA) is 40.7 Å². The van der Waals surface area contributed by atoms with Crippen molar-refractivity contribution in [1.82, 2.24) is 15.5 Å². The average molecular weight is 201 g/mol. The van der Waals surface area contributed by atoms with Crippen molar-refractivity contribution in [2.75, 3.05) is 0 Å². The minimum Gasteiger partial charge on any atom is -0.307 e. The molecule has 1 aromatic carbocycles. The fourth-order valence-electron chi connectivity index (χ4n) is 1.50. The lowest BCUT2D eigenvalue weighted by molar-refractivity contribution is 0.677. The number of nitrogens with one attached hydrogen (secondary N) is 2. The molecule has 0 spiro atoms. The summed E-state index contributed by atoms with van der Waals surface area (Å²) in [5.41, 5.74) is 3.46. The van der Waals surface area contributed by atoms with Gasteiger partial charge in [-0.3, -0.25) is 5.10 Å². The minimum absolute atomic E-state index is 0.805. The number of aromatic nitrogens is 2. The van der Waals surface area contributed by atoms with Crippen LogP contribution in [-0.4, -0.2) is 10.2 Å². The van der Waals surface area contributed by atoms with Crippen LogP contribution < -0.4 is 5.32 Å². The van der Waals surface area contributed by atoms with Crippen molar-refractivity contribution in [3.63, 3.8) is 0 Å². The Labute approximate surface area is 89.5 Å². The first-order valence-corrected chi connectivity index (χ1v) is 5.10. The highest BCUT2D eigenvalue weighted by molar-refractivity contribution is 5.14. The van der Waals surface area contributed by atoms with Crippen molar-refractivity contribution in [2.24, 2.45) is 0 Å². The van der Waals surface area contributed by atoms with Gasteiger partial charge in [0.1, 0.15) is 0 Å². The molecule has 0 amide bonds. The first-order chi connectivity index (χ1) is 7.34. The maximum absolute atomic E-state index is 4.16. The molecule has 0 aliphatic heterocycles. The molecule has 3 nitrogen and oxygen atoms in total. The Balaban J connectivity index is 1.80. The summed E-state index contributed by atoms with van der Waals surface area (Å²) in [6, 6.07) is 12.4. The number of hydrogen-bond acceptors (Lipinski definition) is 2. The Hall–Kier alpha value is -1.61. The highest BCUT2D eigenvalue weighted by Gasteiger charge is 1.96. The molecule has 0 aliphatic carbocycles. The van der Waals surface area contributed by atoms with Crippen LogP contribution in [0.15, 0.2) is 36.4 Å². The summed E-state index contributed by atoms with van der Waals surface area (Å²) in [7, 11) is 0. The van der Waals surface area contributed by atoms with E-state index < -0.39 is 0 Å². The molecule has 0 unspecified atom stereocenters. The number of hydrogen-bond donors (Lipinski definition) is 2. The molecular weight excluding hydrogens is 186 g/mol. The van der Waals surface area contributed by atoms with Crippen LogP contribution in [0, 0.1) is 6.92 Å². The molecule has 0 radical (unpaired) electrons. The van der Waals surface area contributed by atoms with Crippen molar-refractivity contribution in [3.8, 4) is 0 Å². The summed E-state index contributed by atoms with van der Waals surface area (Å²) in [5.74, 6) is 0. The van der Waals surface area contributed by atoms with E-state index >= 15 is 0 Å². The van der Waals surface area contributed by atoms with Crippen LogP contribution in [-0.2, 0) is 13.1 Å². The summed E-state index contributed by atoms with van der Waals surface area (Å²) < 4.78 is 0. The maximum atomic E-state index is 4.16. The summed E-state index contributed by atoms with van der Waals surface area (Å²) in [4.78, 5) is 0. The highest BCUT2D eigenvalue weighted by Crippen LogP contribution is 2.00. The monoisotopic (exact) mass is 201 g/mol. The van der Waals surface area contributed by atoms with Gasteiger partial charge in [0.2, 0.25) is 0 Å². The van der Waals surface area contributed by atoms with E-state index in [-0.39, 0.29) is 0 Å². The van der Waals surface area contributed by atoms with Gasteiger partial charge in [-0.15, -0.1) is 0 Å². The Bertz CT molecular complexity index is 406. The van der Waals surface area contributed by atoms with Gasteiger partial charge in [-0.05, 0) is 18.6 Å². The Morgan fingerprint density at radius 2 is 2.00 bits per heavy atom. The Morgan fingerprint density at radius 3 is 2.67 bits per heavy atom. The summed E-state index contributed by atoms with van der Waals surface area (Å²) in [6.45, 7) is 3.69. The van der Waals surface area contributed by atoms with Gasteiger partial charge in [-0.25, -0.2) is 0 Å². The van der Waals surface area contributed by atoms with E-state index in [1.807, 2.05) is 13.0 Å². The number of aryl methyl sites for hydroxylation is 1. The fraction of sp³-hybridized carbons (Fsp3) is 0.250. The van der Waals surface area contributed by atoms with Crippen molar-refractivity contribution in [3.05, 3.63) is 53.3 Å². The van der Waals surface area contributed by atoms with Crippen LogP contribution in [0.4, 0.5) is 0 Å². The van der Waals surface area contributed by atoms with Crippen LogP contribution >= 0.6 is 0 Å². The van der Waals surface area contributed by atoms with E-state index in [0.717, 1.165) is 24.5 Å². The van der Waals surface area contributed by atoms with E-state index in [4.69, 9.17) is 0 Å². The zero-order chi connectivity index (χ0) is 10.5. The van der Waals surface area contributed by atoms with Crippen LogP contribution in [0.1, 0.15) is 17.0 Å². The van der Waals surface area contributed by atoms with Gasteiger partial charge in [-0.2, -0.15) is 5.10 Å². The van der Waals surface area contributed by atoms with Crippen molar-refractivity contribution < 1.29 is 0 Å². The maximum Gasteiger partial charge on any atom is 0.0762 e. The predicted octanol–water partition coefficient (Wildman–Crippen LogP) is 2.01. The molecule has 1 aromatic heterocycles. The quantitative estimate of drug-likeness (QED) is 0.794. The number of nitrogens with zero attached hydrogens (tertiary/aromatic N) is 1. The first-order valence-electron chi connectivity index (χ1n) is 5.10. The van der Waals surface area contributed by atoms with Crippen molar-refractivity contribution >= 4 is 0 Å². The molecule has 2 rings (SSSR count). The molecule has 3 heteroatoms. The average Bonchev–Trinajstić information content (AvgIpc) is 2.66. The molecule has 0 saturated heterocycles. The SMILES string of the molecule is Cc1cc(CNCc2ccccc2)n[nH]1. The van der Waals surface area contributed by atoms with Crippen LogP contribution in [0.5, 0.6) is 0 Å². The molecule has 1 heterocycles. The van der Waals surface area contributed by atoms with Gasteiger partial charge in [0.15, 0.2) is 0 Å². The number of H-pyrrole nitrogens is 1. The lowest BCUT2D eigenvalue weighted by Crippen LogP contribution is -2.12. The molecule has 0 aliphatic rings. The summed E-state index contributed by atoms with van der Waals surface area (Å²) in [6.07, 6.45) is 0. The molecule has 15 heavy (non-hydrogen) atoms. The predicted molar refractivity (Wildman–Crippen MR) is 60.3 cm³/mol. The fourth-order valence-corrected chi connectivity index (χ4v) is 1.50. The van der Waals surface area contributed by atoms with E-state index in [9.17, 15) is 0 Å². The van der Waals surface area contributed by atoms with Gasteiger partial charge in [0.05, 0.1) is 5.69 Å². The molecule has 2 N–H and O–H groups in total. The number of benzene rings is 1. The molecule has 0 atom stereocenters. The third-order valence-corrected chi connectivity index (χ3v) is 2.24. The van der Waals surface area contributed by atoms with Crippen LogP contribution in [0.2, 0.25) is 0 Å². The van der Waals surface area contributed by atoms with Gasteiger partial charge in [-0.1, -0.05) is 30.3 Å². The molecule has 78 valence electrons. The molecule has 0 bridgehead atoms. The summed E-state index contributed by atoms with van der Waals surface area (Å²) in [5, 5.41) is 10.4. The van der Waals surface area contributed by atoms with Gasteiger partial charge < -0.3 is 5.32 Å². The van der Waals surface area contributed by atoms with Crippen molar-refractivity contribution in [2.45, 2.75) is 20.0 Å². The largest absolute Gasteiger partial charge is 0.307 e. The third-order valence-electron chi connectivity index (χ3n) is 2.24. The molecular formula is C12H15N3.